The first kappa shape index (κ1) is 24.6. The molecule has 1 fully saturated rings. The zero-order valence-electron chi connectivity index (χ0n) is 20.5. The van der Waals surface area contributed by atoms with Gasteiger partial charge in [-0.3, -0.25) is 9.78 Å². The lowest BCUT2D eigenvalue weighted by Gasteiger charge is -2.36. The minimum Gasteiger partial charge on any atom is -0.460 e. The maximum Gasteiger partial charge on any atom is 0.257 e. The molecule has 3 aromatic rings. The highest BCUT2D eigenvalue weighted by atomic mass is 19.1. The average molecular weight is 479 g/mol. The van der Waals surface area contributed by atoms with Gasteiger partial charge in [-0.05, 0) is 56.2 Å². The van der Waals surface area contributed by atoms with E-state index in [0.717, 1.165) is 35.6 Å². The Balaban J connectivity index is 1.46. The van der Waals surface area contributed by atoms with Gasteiger partial charge in [0.2, 0.25) is 6.36 Å². The maximum atomic E-state index is 13.5. The summed E-state index contributed by atoms with van der Waals surface area (Å²) in [6, 6.07) is 10.9. The molecule has 1 N–H and O–H groups in total. The molecule has 1 saturated heterocycles. The Morgan fingerprint density at radius 2 is 1.86 bits per heavy atom. The summed E-state index contributed by atoms with van der Waals surface area (Å²) in [6.45, 7) is 9.26. The summed E-state index contributed by atoms with van der Waals surface area (Å²) in [5.74, 6) is 1.05. The van der Waals surface area contributed by atoms with E-state index in [1.807, 2.05) is 31.2 Å². The molecule has 3 atom stereocenters. The molecule has 7 nitrogen and oxygen atoms in total. The van der Waals surface area contributed by atoms with Crippen LogP contribution in [-0.2, 0) is 4.74 Å². The normalized spacial score (nSPS) is 18.7. The molecule has 35 heavy (non-hydrogen) atoms. The van der Waals surface area contributed by atoms with E-state index in [4.69, 9.17) is 9.47 Å². The number of alkyl halides is 1. The van der Waals surface area contributed by atoms with E-state index in [1.54, 1.807) is 37.6 Å². The van der Waals surface area contributed by atoms with Gasteiger partial charge < -0.3 is 19.7 Å². The van der Waals surface area contributed by atoms with Gasteiger partial charge in [0, 0.05) is 37.5 Å². The van der Waals surface area contributed by atoms with Gasteiger partial charge in [-0.2, -0.15) is 0 Å². The predicted octanol–water partition coefficient (Wildman–Crippen LogP) is 5.40. The first-order valence-corrected chi connectivity index (χ1v) is 11.9. The summed E-state index contributed by atoms with van der Waals surface area (Å²) >= 11 is 0. The van der Waals surface area contributed by atoms with Crippen molar-refractivity contribution in [2.45, 2.75) is 52.7 Å². The van der Waals surface area contributed by atoms with E-state index in [2.05, 4.69) is 34.0 Å². The van der Waals surface area contributed by atoms with Crippen LogP contribution in [0.4, 0.5) is 15.9 Å². The SMILES string of the molecule is CCC(F)Oc1ccc(-c2cncc(C(=O)Nc3ccc(N4CC(C)OC(C)C4)nc3)c2C)cc1. The summed E-state index contributed by atoms with van der Waals surface area (Å²) in [7, 11) is 0. The lowest BCUT2D eigenvalue weighted by atomic mass is 9.99. The number of carbonyl (C=O) groups is 1. The van der Waals surface area contributed by atoms with Gasteiger partial charge >= 0.3 is 0 Å². The van der Waals surface area contributed by atoms with E-state index in [1.165, 1.54) is 0 Å². The highest BCUT2D eigenvalue weighted by molar-refractivity contribution is 6.06. The molecule has 2 aromatic heterocycles. The number of nitrogens with one attached hydrogen (secondary N) is 1. The van der Waals surface area contributed by atoms with Crippen LogP contribution in [-0.4, -0.2) is 47.5 Å². The third-order valence-corrected chi connectivity index (χ3v) is 5.96. The number of hydrogen-bond acceptors (Lipinski definition) is 6. The van der Waals surface area contributed by atoms with E-state index < -0.39 is 6.36 Å². The highest BCUT2D eigenvalue weighted by Crippen LogP contribution is 2.28. The second kappa shape index (κ2) is 10.8. The number of rotatable bonds is 7. The van der Waals surface area contributed by atoms with Crippen molar-refractivity contribution < 1.29 is 18.7 Å². The van der Waals surface area contributed by atoms with Crippen molar-refractivity contribution in [3.8, 4) is 16.9 Å². The number of amides is 1. The fraction of sp³-hybridized carbons (Fsp3) is 0.370. The monoisotopic (exact) mass is 478 g/mol. The van der Waals surface area contributed by atoms with Crippen molar-refractivity contribution in [1.29, 1.82) is 0 Å². The number of hydrogen-bond donors (Lipinski definition) is 1. The lowest BCUT2D eigenvalue weighted by molar-refractivity contribution is -0.00545. The molecule has 8 heteroatoms. The molecule has 3 heterocycles. The van der Waals surface area contributed by atoms with Gasteiger partial charge in [-0.15, -0.1) is 0 Å². The van der Waals surface area contributed by atoms with Crippen molar-refractivity contribution in [1.82, 2.24) is 9.97 Å². The molecule has 184 valence electrons. The molecular formula is C27H31FN4O3. The molecule has 0 radical (unpaired) electrons. The number of nitrogens with zero attached hydrogens (tertiary/aromatic N) is 3. The zero-order chi connectivity index (χ0) is 24.9. The summed E-state index contributed by atoms with van der Waals surface area (Å²) in [5, 5.41) is 2.92. The summed E-state index contributed by atoms with van der Waals surface area (Å²) in [4.78, 5) is 24.0. The molecule has 0 saturated carbocycles. The van der Waals surface area contributed by atoms with Crippen LogP contribution in [0.15, 0.2) is 55.0 Å². The van der Waals surface area contributed by atoms with E-state index in [9.17, 15) is 9.18 Å². The van der Waals surface area contributed by atoms with Crippen LogP contribution in [0.25, 0.3) is 11.1 Å². The van der Waals surface area contributed by atoms with Gasteiger partial charge in [0.1, 0.15) is 11.6 Å². The number of pyridine rings is 2. The molecule has 0 bridgehead atoms. The van der Waals surface area contributed by atoms with Crippen molar-refractivity contribution in [3.63, 3.8) is 0 Å². The highest BCUT2D eigenvalue weighted by Gasteiger charge is 2.23. The van der Waals surface area contributed by atoms with Crippen molar-refractivity contribution in [2.75, 3.05) is 23.3 Å². The Morgan fingerprint density at radius 1 is 1.14 bits per heavy atom. The molecule has 1 aliphatic heterocycles. The molecule has 1 aromatic carbocycles. The minimum absolute atomic E-state index is 0.142. The van der Waals surface area contributed by atoms with E-state index in [-0.39, 0.29) is 24.5 Å². The second-order valence-corrected chi connectivity index (χ2v) is 8.84. The fourth-order valence-corrected chi connectivity index (χ4v) is 4.20. The van der Waals surface area contributed by atoms with Crippen LogP contribution in [0.3, 0.4) is 0 Å². The van der Waals surface area contributed by atoms with Gasteiger partial charge in [0.15, 0.2) is 0 Å². The standard InChI is InChI=1S/C27H31FN4O3/c1-5-25(28)35-22-9-6-20(7-10-22)23-13-29-14-24(19(23)4)27(33)31-21-8-11-26(30-12-21)32-15-17(2)34-18(3)16-32/h6-14,17-18,25H,5,15-16H2,1-4H3,(H,31,33). The third-order valence-electron chi connectivity index (χ3n) is 5.96. The van der Waals surface area contributed by atoms with Crippen LogP contribution >= 0.6 is 0 Å². The number of morpholine rings is 1. The van der Waals surface area contributed by atoms with Crippen LogP contribution in [0.1, 0.15) is 43.1 Å². The third kappa shape index (κ3) is 5.95. The average Bonchev–Trinajstić information content (AvgIpc) is 2.84. The van der Waals surface area contributed by atoms with Gasteiger partial charge in [-0.25, -0.2) is 9.37 Å². The van der Waals surface area contributed by atoms with E-state index in [0.29, 0.717) is 17.0 Å². The number of aromatic nitrogens is 2. The number of benzene rings is 1. The van der Waals surface area contributed by atoms with Gasteiger partial charge in [-0.1, -0.05) is 19.1 Å². The molecule has 0 spiro atoms. The van der Waals surface area contributed by atoms with Crippen LogP contribution in [0.2, 0.25) is 0 Å². The number of ether oxygens (including phenoxy) is 2. The first-order chi connectivity index (χ1) is 16.8. The van der Waals surface area contributed by atoms with Crippen LogP contribution in [0, 0.1) is 6.92 Å². The predicted molar refractivity (Wildman–Crippen MR) is 135 cm³/mol. The largest absolute Gasteiger partial charge is 0.460 e. The second-order valence-electron chi connectivity index (χ2n) is 8.84. The topological polar surface area (TPSA) is 76.6 Å². The maximum absolute atomic E-state index is 13.5. The Kier molecular flexibility index (Phi) is 7.60. The van der Waals surface area contributed by atoms with E-state index >= 15 is 0 Å². The van der Waals surface area contributed by atoms with Crippen molar-refractivity contribution >= 4 is 17.4 Å². The Morgan fingerprint density at radius 3 is 2.49 bits per heavy atom. The number of carbonyl (C=O) groups excluding carboxylic acids is 1. The Bertz CT molecular complexity index is 1140. The number of anilines is 2. The molecule has 0 aliphatic carbocycles. The van der Waals surface area contributed by atoms with Crippen molar-refractivity contribution in [2.24, 2.45) is 0 Å². The zero-order valence-corrected chi connectivity index (χ0v) is 20.5. The molecule has 4 rings (SSSR count). The summed E-state index contributed by atoms with van der Waals surface area (Å²) in [5.41, 5.74) is 3.56. The van der Waals surface area contributed by atoms with Gasteiger partial charge in [0.05, 0.1) is 29.7 Å². The lowest BCUT2D eigenvalue weighted by Crippen LogP contribution is -2.45. The summed E-state index contributed by atoms with van der Waals surface area (Å²) in [6.07, 6.45) is 4.17. The molecular weight excluding hydrogens is 447 g/mol. The van der Waals surface area contributed by atoms with Gasteiger partial charge in [0.25, 0.3) is 5.91 Å². The smallest absolute Gasteiger partial charge is 0.257 e. The van der Waals surface area contributed by atoms with Crippen LogP contribution in [0.5, 0.6) is 5.75 Å². The summed E-state index contributed by atoms with van der Waals surface area (Å²) < 4.78 is 24.5. The Labute approximate surface area is 205 Å². The quantitative estimate of drug-likeness (QED) is 0.490. The first-order valence-electron chi connectivity index (χ1n) is 11.9. The number of halogens is 1. The molecule has 3 unspecified atom stereocenters. The molecule has 1 aliphatic rings. The Hall–Kier alpha value is -3.52. The molecule has 1 amide bonds. The minimum atomic E-state index is -1.33. The van der Waals surface area contributed by atoms with Crippen LogP contribution < -0.4 is 15.0 Å². The van der Waals surface area contributed by atoms with Crippen molar-refractivity contribution in [3.05, 3.63) is 66.1 Å². The fourth-order valence-electron chi connectivity index (χ4n) is 4.20.